The summed E-state index contributed by atoms with van der Waals surface area (Å²) in [7, 11) is 3.94. The normalized spacial score (nSPS) is 13.6. The molecule has 1 aromatic rings. The van der Waals surface area contributed by atoms with Crippen molar-refractivity contribution < 1.29 is 9.59 Å². The number of hydrogen-bond acceptors (Lipinski definition) is 4. The van der Waals surface area contributed by atoms with E-state index >= 15 is 0 Å². The van der Waals surface area contributed by atoms with E-state index in [1.807, 2.05) is 28.5 Å². The Kier molecular flexibility index (Phi) is 7.63. The van der Waals surface area contributed by atoms with E-state index < -0.39 is 0 Å². The summed E-state index contributed by atoms with van der Waals surface area (Å²) in [5, 5.41) is 2.93. The Balaban J connectivity index is 2.26. The van der Waals surface area contributed by atoms with Crippen LogP contribution in [-0.4, -0.2) is 71.4 Å². The molecule has 0 aliphatic carbocycles. The number of carbonyl (C=O) groups excluding carboxylic acids is 2. The molecule has 26 heavy (non-hydrogen) atoms. The van der Waals surface area contributed by atoms with Gasteiger partial charge in [-0.2, -0.15) is 0 Å². The summed E-state index contributed by atoms with van der Waals surface area (Å²) in [5.41, 5.74) is 1.34. The van der Waals surface area contributed by atoms with Crippen molar-refractivity contribution >= 4 is 11.8 Å². The van der Waals surface area contributed by atoms with Crippen LogP contribution in [-0.2, 0) is 13.0 Å². The highest BCUT2D eigenvalue weighted by Gasteiger charge is 2.29. The number of rotatable bonds is 9. The van der Waals surface area contributed by atoms with Crippen LogP contribution in [0.15, 0.2) is 0 Å². The summed E-state index contributed by atoms with van der Waals surface area (Å²) < 4.78 is 1.98. The van der Waals surface area contributed by atoms with E-state index in [2.05, 4.69) is 24.1 Å². The summed E-state index contributed by atoms with van der Waals surface area (Å²) >= 11 is 0. The van der Waals surface area contributed by atoms with Crippen molar-refractivity contribution in [2.45, 2.75) is 52.5 Å². The topological polar surface area (TPSA) is 70.5 Å². The Morgan fingerprint density at radius 2 is 1.81 bits per heavy atom. The van der Waals surface area contributed by atoms with Gasteiger partial charge in [-0.1, -0.05) is 13.8 Å². The first-order chi connectivity index (χ1) is 12.5. The lowest BCUT2D eigenvalue weighted by Gasteiger charge is -2.23. The van der Waals surface area contributed by atoms with Gasteiger partial charge >= 0.3 is 0 Å². The van der Waals surface area contributed by atoms with Gasteiger partial charge in [0.05, 0.1) is 5.69 Å². The highest BCUT2D eigenvalue weighted by Crippen LogP contribution is 2.22. The van der Waals surface area contributed by atoms with Gasteiger partial charge in [-0.3, -0.25) is 9.59 Å². The molecule has 7 heteroatoms. The molecular weight excluding hydrogens is 330 g/mol. The summed E-state index contributed by atoms with van der Waals surface area (Å²) in [6, 6.07) is 0. The van der Waals surface area contributed by atoms with E-state index in [0.717, 1.165) is 64.0 Å². The van der Waals surface area contributed by atoms with Crippen molar-refractivity contribution in [2.24, 2.45) is 0 Å². The average molecular weight is 364 g/mol. The number of fused-ring (bicyclic) bond motifs is 1. The van der Waals surface area contributed by atoms with Crippen LogP contribution < -0.4 is 5.32 Å². The number of amides is 2. The molecule has 0 fully saturated rings. The molecule has 2 rings (SSSR count). The molecule has 146 valence electrons. The van der Waals surface area contributed by atoms with Crippen LogP contribution >= 0.6 is 0 Å². The molecule has 0 radical (unpaired) electrons. The first kappa shape index (κ1) is 20.4. The predicted octanol–water partition coefficient (Wildman–Crippen LogP) is 1.77. The Morgan fingerprint density at radius 3 is 2.42 bits per heavy atom. The maximum Gasteiger partial charge on any atom is 0.289 e. The standard InChI is InChI=1S/C19H33N5O2/c1-5-11-23(12-6-2)19(26)17-21-16(15-9-7-8-13-24(15)17)18(25)20-10-14-22(3)4/h5-14H2,1-4H3,(H,20,25). The van der Waals surface area contributed by atoms with Gasteiger partial charge in [0.1, 0.15) is 5.69 Å². The summed E-state index contributed by atoms with van der Waals surface area (Å²) in [4.78, 5) is 34.1. The maximum absolute atomic E-state index is 13.0. The smallest absolute Gasteiger partial charge is 0.289 e. The van der Waals surface area contributed by atoms with E-state index in [9.17, 15) is 9.59 Å². The van der Waals surface area contributed by atoms with Crippen molar-refractivity contribution in [1.29, 1.82) is 0 Å². The fraction of sp³-hybridized carbons (Fsp3) is 0.737. The number of imidazole rings is 1. The van der Waals surface area contributed by atoms with Crippen molar-refractivity contribution in [3.05, 3.63) is 17.2 Å². The van der Waals surface area contributed by atoms with Crippen LogP contribution in [0.3, 0.4) is 0 Å². The number of hydrogen-bond donors (Lipinski definition) is 1. The van der Waals surface area contributed by atoms with E-state index in [1.54, 1.807) is 0 Å². The van der Waals surface area contributed by atoms with Gasteiger partial charge in [-0.05, 0) is 46.2 Å². The van der Waals surface area contributed by atoms with Crippen molar-refractivity contribution in [3.8, 4) is 0 Å². The highest BCUT2D eigenvalue weighted by atomic mass is 16.2. The Labute approximate surface area is 156 Å². The average Bonchev–Trinajstić information content (AvgIpc) is 3.00. The second-order valence-corrected chi connectivity index (χ2v) is 7.19. The molecule has 1 aromatic heterocycles. The van der Waals surface area contributed by atoms with Gasteiger partial charge in [-0.15, -0.1) is 0 Å². The predicted molar refractivity (Wildman–Crippen MR) is 103 cm³/mol. The molecule has 0 atom stereocenters. The van der Waals surface area contributed by atoms with Crippen LogP contribution in [0.4, 0.5) is 0 Å². The third kappa shape index (κ3) is 4.84. The molecule has 2 amide bonds. The van der Waals surface area contributed by atoms with Gasteiger partial charge in [0.15, 0.2) is 5.82 Å². The molecule has 1 aliphatic heterocycles. The van der Waals surface area contributed by atoms with Gasteiger partial charge in [-0.25, -0.2) is 4.98 Å². The van der Waals surface area contributed by atoms with E-state index in [-0.39, 0.29) is 11.8 Å². The molecule has 0 saturated carbocycles. The zero-order valence-electron chi connectivity index (χ0n) is 16.7. The Hall–Kier alpha value is -1.89. The molecule has 7 nitrogen and oxygen atoms in total. The number of aromatic nitrogens is 2. The van der Waals surface area contributed by atoms with Crippen LogP contribution in [0.1, 0.15) is 66.3 Å². The second-order valence-electron chi connectivity index (χ2n) is 7.19. The van der Waals surface area contributed by atoms with Gasteiger partial charge in [0, 0.05) is 32.7 Å². The number of carbonyl (C=O) groups is 2. The third-order valence-corrected chi connectivity index (χ3v) is 4.64. The number of nitrogens with one attached hydrogen (secondary N) is 1. The van der Waals surface area contributed by atoms with Crippen molar-refractivity contribution in [3.63, 3.8) is 0 Å². The molecule has 1 N–H and O–H groups in total. The fourth-order valence-corrected chi connectivity index (χ4v) is 3.36. The van der Waals surface area contributed by atoms with E-state index in [4.69, 9.17) is 0 Å². The zero-order valence-corrected chi connectivity index (χ0v) is 16.7. The molecule has 0 spiro atoms. The van der Waals surface area contributed by atoms with Crippen LogP contribution in [0.5, 0.6) is 0 Å². The minimum absolute atomic E-state index is 0.0517. The maximum atomic E-state index is 13.0. The van der Waals surface area contributed by atoms with Crippen LogP contribution in [0.25, 0.3) is 0 Å². The molecule has 0 unspecified atom stereocenters. The lowest BCUT2D eigenvalue weighted by atomic mass is 10.1. The molecule has 0 bridgehead atoms. The lowest BCUT2D eigenvalue weighted by Crippen LogP contribution is -2.35. The summed E-state index contributed by atoms with van der Waals surface area (Å²) in [5.74, 6) is 0.206. The number of likely N-dealkylation sites (N-methyl/N-ethyl adjacent to an activating group) is 1. The van der Waals surface area contributed by atoms with Gasteiger partial charge < -0.3 is 19.7 Å². The minimum atomic E-state index is -0.172. The van der Waals surface area contributed by atoms with E-state index in [0.29, 0.717) is 18.1 Å². The highest BCUT2D eigenvalue weighted by molar-refractivity contribution is 5.97. The SMILES string of the molecule is CCCN(CCC)C(=O)c1nc(C(=O)NCCN(C)C)c2n1CCCC2. The fourth-order valence-electron chi connectivity index (χ4n) is 3.36. The zero-order chi connectivity index (χ0) is 19.1. The monoisotopic (exact) mass is 363 g/mol. The van der Waals surface area contributed by atoms with Gasteiger partial charge in [0.25, 0.3) is 11.8 Å². The summed E-state index contributed by atoms with van der Waals surface area (Å²) in [6.07, 6.45) is 4.68. The van der Waals surface area contributed by atoms with Crippen molar-refractivity contribution in [1.82, 2.24) is 24.7 Å². The minimum Gasteiger partial charge on any atom is -0.349 e. The van der Waals surface area contributed by atoms with Crippen LogP contribution in [0, 0.1) is 0 Å². The first-order valence-electron chi connectivity index (χ1n) is 9.81. The molecule has 0 aromatic carbocycles. The molecule has 0 saturated heterocycles. The molecule has 2 heterocycles. The lowest BCUT2D eigenvalue weighted by molar-refractivity contribution is 0.0737. The quantitative estimate of drug-likeness (QED) is 0.726. The van der Waals surface area contributed by atoms with Crippen molar-refractivity contribution in [2.75, 3.05) is 40.3 Å². The largest absolute Gasteiger partial charge is 0.349 e. The third-order valence-electron chi connectivity index (χ3n) is 4.64. The van der Waals surface area contributed by atoms with Gasteiger partial charge in [0.2, 0.25) is 0 Å². The first-order valence-corrected chi connectivity index (χ1v) is 9.81. The van der Waals surface area contributed by atoms with Crippen LogP contribution in [0.2, 0.25) is 0 Å². The molecule has 1 aliphatic rings. The van der Waals surface area contributed by atoms with E-state index in [1.165, 1.54) is 0 Å². The second kappa shape index (κ2) is 9.71. The Bertz CT molecular complexity index is 618. The number of nitrogens with zero attached hydrogens (tertiary/aromatic N) is 4. The summed E-state index contributed by atoms with van der Waals surface area (Å²) in [6.45, 7) is 7.69. The molecular formula is C19H33N5O2. The Morgan fingerprint density at radius 1 is 1.12 bits per heavy atom.